The van der Waals surface area contributed by atoms with Gasteiger partial charge >= 0.3 is 0 Å². The first-order chi connectivity index (χ1) is 17.3. The molecule has 4 amide bonds. The zero-order valence-electron chi connectivity index (χ0n) is 20.3. The van der Waals surface area contributed by atoms with E-state index < -0.39 is 29.1 Å². The molecule has 36 heavy (non-hydrogen) atoms. The standard InChI is InChI=1S/C29H28N2O5/c1-3-30-25(33)19-14-13-17-20(23(19)27(30)35)15-21-26(34)31(16-9-5-4-6-10-16)28(36)29(21,2)24(17)18-11-7-8-12-22(18)32/h4-13,19-21,23-24,32H,3,14-15H2,1-2H3/t19-,20+,21-,23-,24+,29+/m0/s1. The van der Waals surface area contributed by atoms with Crippen LogP contribution in [-0.2, 0) is 19.2 Å². The van der Waals surface area contributed by atoms with E-state index in [0.717, 1.165) is 5.57 Å². The molecular weight excluding hydrogens is 456 g/mol. The Bertz CT molecular complexity index is 1330. The van der Waals surface area contributed by atoms with Gasteiger partial charge in [-0.25, -0.2) is 4.90 Å². The second-order valence-corrected chi connectivity index (χ2v) is 10.5. The number of amides is 4. The summed E-state index contributed by atoms with van der Waals surface area (Å²) in [6.07, 6.45) is 2.72. The topological polar surface area (TPSA) is 95.0 Å². The van der Waals surface area contributed by atoms with Crippen LogP contribution in [0.4, 0.5) is 5.69 Å². The number of benzene rings is 2. The van der Waals surface area contributed by atoms with Crippen molar-refractivity contribution in [1.82, 2.24) is 4.90 Å². The van der Waals surface area contributed by atoms with E-state index >= 15 is 0 Å². The summed E-state index contributed by atoms with van der Waals surface area (Å²) >= 11 is 0. The fourth-order valence-electron chi connectivity index (χ4n) is 7.29. The normalized spacial score (nSPS) is 33.4. The number of fused-ring (bicyclic) bond motifs is 4. The molecule has 2 aromatic carbocycles. The summed E-state index contributed by atoms with van der Waals surface area (Å²) in [7, 11) is 0. The first-order valence-corrected chi connectivity index (χ1v) is 12.6. The quantitative estimate of drug-likeness (QED) is 0.530. The highest BCUT2D eigenvalue weighted by Crippen LogP contribution is 2.64. The SMILES string of the molecule is CCN1C(=O)[C@H]2[C@H](CC=C3[C@H]2C[C@H]2C(=O)N(c4ccccc4)C(=O)[C@@]2(C)[C@H]3c2ccccc2O)C1=O. The Hall–Kier alpha value is -3.74. The van der Waals surface area contributed by atoms with Crippen LogP contribution >= 0.6 is 0 Å². The van der Waals surface area contributed by atoms with Gasteiger partial charge in [-0.15, -0.1) is 0 Å². The van der Waals surface area contributed by atoms with E-state index in [1.807, 2.05) is 25.1 Å². The highest BCUT2D eigenvalue weighted by Gasteiger charge is 2.67. The van der Waals surface area contributed by atoms with Crippen molar-refractivity contribution < 1.29 is 24.3 Å². The maximum Gasteiger partial charge on any atom is 0.241 e. The fraction of sp³-hybridized carbons (Fsp3) is 0.379. The first kappa shape index (κ1) is 22.7. The molecule has 1 N–H and O–H groups in total. The number of aromatic hydroxyl groups is 1. The third-order valence-electron chi connectivity index (χ3n) is 8.94. The Morgan fingerprint density at radius 1 is 0.917 bits per heavy atom. The monoisotopic (exact) mass is 484 g/mol. The smallest absolute Gasteiger partial charge is 0.241 e. The Morgan fingerprint density at radius 2 is 1.61 bits per heavy atom. The second kappa shape index (κ2) is 7.88. The van der Waals surface area contributed by atoms with Gasteiger partial charge in [0.1, 0.15) is 5.75 Å². The van der Waals surface area contributed by atoms with E-state index in [0.29, 0.717) is 30.6 Å². The van der Waals surface area contributed by atoms with Crippen LogP contribution in [0.2, 0.25) is 0 Å². The number of carbonyl (C=O) groups excluding carboxylic acids is 4. The zero-order chi connectivity index (χ0) is 25.4. The molecule has 0 spiro atoms. The van der Waals surface area contributed by atoms with E-state index in [9.17, 15) is 24.3 Å². The molecule has 2 aliphatic heterocycles. The number of likely N-dealkylation sites (tertiary alicyclic amines) is 1. The average molecular weight is 485 g/mol. The van der Waals surface area contributed by atoms with Crippen LogP contribution in [0.15, 0.2) is 66.2 Å². The van der Waals surface area contributed by atoms with Gasteiger partial charge in [0.15, 0.2) is 0 Å². The lowest BCUT2D eigenvalue weighted by Gasteiger charge is -2.49. The van der Waals surface area contributed by atoms with E-state index in [2.05, 4.69) is 0 Å². The van der Waals surface area contributed by atoms with Crippen molar-refractivity contribution in [3.63, 3.8) is 0 Å². The third-order valence-corrected chi connectivity index (χ3v) is 8.94. The minimum Gasteiger partial charge on any atom is -0.508 e. The van der Waals surface area contributed by atoms with Crippen LogP contribution in [0.5, 0.6) is 5.75 Å². The van der Waals surface area contributed by atoms with Crippen molar-refractivity contribution >= 4 is 29.3 Å². The summed E-state index contributed by atoms with van der Waals surface area (Å²) in [6.45, 7) is 3.93. The molecule has 7 nitrogen and oxygen atoms in total. The number of hydrogen-bond donors (Lipinski definition) is 1. The van der Waals surface area contributed by atoms with Crippen molar-refractivity contribution in [2.75, 3.05) is 11.4 Å². The maximum absolute atomic E-state index is 14.2. The number of phenolic OH excluding ortho intramolecular Hbond substituents is 1. The predicted octanol–water partition coefficient (Wildman–Crippen LogP) is 3.64. The molecule has 184 valence electrons. The molecular formula is C29H28N2O5. The number of carbonyl (C=O) groups is 4. The van der Waals surface area contributed by atoms with Gasteiger partial charge in [-0.1, -0.05) is 48.0 Å². The number of allylic oxidation sites excluding steroid dienone is 2. The molecule has 3 fully saturated rings. The highest BCUT2D eigenvalue weighted by molar-refractivity contribution is 6.24. The number of anilines is 1. The number of imide groups is 2. The minimum absolute atomic E-state index is 0.0496. The van der Waals surface area contributed by atoms with Gasteiger partial charge in [-0.3, -0.25) is 24.1 Å². The minimum atomic E-state index is -1.14. The fourth-order valence-corrected chi connectivity index (χ4v) is 7.29. The molecule has 0 aromatic heterocycles. The van der Waals surface area contributed by atoms with E-state index in [1.54, 1.807) is 49.4 Å². The maximum atomic E-state index is 14.2. The van der Waals surface area contributed by atoms with Crippen LogP contribution in [0.3, 0.4) is 0 Å². The Kier molecular flexibility index (Phi) is 4.97. The van der Waals surface area contributed by atoms with Crippen LogP contribution in [0, 0.1) is 29.1 Å². The summed E-state index contributed by atoms with van der Waals surface area (Å²) < 4.78 is 0. The lowest BCUT2D eigenvalue weighted by Crippen LogP contribution is -2.48. The zero-order valence-corrected chi connectivity index (χ0v) is 20.3. The lowest BCUT2D eigenvalue weighted by molar-refractivity contribution is -0.140. The molecule has 0 unspecified atom stereocenters. The van der Waals surface area contributed by atoms with Gasteiger partial charge in [0.25, 0.3) is 0 Å². The summed E-state index contributed by atoms with van der Waals surface area (Å²) in [5.74, 6) is -3.53. The summed E-state index contributed by atoms with van der Waals surface area (Å²) in [6, 6.07) is 15.8. The molecule has 0 radical (unpaired) electrons. The van der Waals surface area contributed by atoms with E-state index in [1.165, 1.54) is 9.80 Å². The number of nitrogens with zero attached hydrogens (tertiary/aromatic N) is 2. The van der Waals surface area contributed by atoms with Crippen LogP contribution < -0.4 is 4.90 Å². The third kappa shape index (κ3) is 2.80. The second-order valence-electron chi connectivity index (χ2n) is 10.5. The van der Waals surface area contributed by atoms with Gasteiger partial charge in [0.2, 0.25) is 23.6 Å². The van der Waals surface area contributed by atoms with Crippen LogP contribution in [0.25, 0.3) is 0 Å². The van der Waals surface area contributed by atoms with Crippen molar-refractivity contribution in [3.05, 3.63) is 71.8 Å². The molecule has 7 heteroatoms. The molecule has 4 aliphatic rings. The number of rotatable bonds is 3. The van der Waals surface area contributed by atoms with E-state index in [-0.39, 0.29) is 35.3 Å². The van der Waals surface area contributed by atoms with Crippen LogP contribution in [-0.4, -0.2) is 40.2 Å². The molecule has 2 heterocycles. The van der Waals surface area contributed by atoms with Crippen molar-refractivity contribution in [2.24, 2.45) is 29.1 Å². The molecule has 2 aromatic rings. The number of hydrogen-bond acceptors (Lipinski definition) is 5. The first-order valence-electron chi connectivity index (χ1n) is 12.6. The summed E-state index contributed by atoms with van der Waals surface area (Å²) in [5.41, 5.74) is 0.821. The largest absolute Gasteiger partial charge is 0.508 e. The van der Waals surface area contributed by atoms with Gasteiger partial charge in [-0.2, -0.15) is 0 Å². The number of para-hydroxylation sites is 2. The van der Waals surface area contributed by atoms with Crippen molar-refractivity contribution in [3.8, 4) is 5.75 Å². The Labute approximate surface area is 209 Å². The number of phenols is 1. The van der Waals surface area contributed by atoms with Crippen LogP contribution in [0.1, 0.15) is 38.2 Å². The van der Waals surface area contributed by atoms with Crippen molar-refractivity contribution in [2.45, 2.75) is 32.6 Å². The summed E-state index contributed by atoms with van der Waals surface area (Å²) in [4.78, 5) is 57.1. The molecule has 6 atom stereocenters. The molecule has 0 bridgehead atoms. The van der Waals surface area contributed by atoms with Crippen molar-refractivity contribution in [1.29, 1.82) is 0 Å². The molecule has 2 aliphatic carbocycles. The molecule has 2 saturated heterocycles. The Morgan fingerprint density at radius 3 is 2.31 bits per heavy atom. The summed E-state index contributed by atoms with van der Waals surface area (Å²) in [5, 5.41) is 10.9. The molecule has 6 rings (SSSR count). The van der Waals surface area contributed by atoms with E-state index in [4.69, 9.17) is 0 Å². The molecule has 1 saturated carbocycles. The van der Waals surface area contributed by atoms with Gasteiger partial charge in [0, 0.05) is 18.0 Å². The van der Waals surface area contributed by atoms with Gasteiger partial charge in [0.05, 0.1) is 28.9 Å². The Balaban J connectivity index is 1.54. The highest BCUT2D eigenvalue weighted by atomic mass is 16.3. The predicted molar refractivity (Wildman–Crippen MR) is 132 cm³/mol. The van der Waals surface area contributed by atoms with Gasteiger partial charge in [-0.05, 0) is 50.8 Å². The van der Waals surface area contributed by atoms with Gasteiger partial charge < -0.3 is 5.11 Å². The average Bonchev–Trinajstić information content (AvgIpc) is 3.24. The lowest BCUT2D eigenvalue weighted by atomic mass is 9.51.